The molecule has 1 N–H and O–H groups in total. The minimum Gasteiger partial charge on any atom is -0.451 e. The van der Waals surface area contributed by atoms with Crippen molar-refractivity contribution in [3.05, 3.63) is 70.9 Å². The van der Waals surface area contributed by atoms with Crippen LogP contribution in [-0.2, 0) is 9.53 Å². The van der Waals surface area contributed by atoms with Crippen molar-refractivity contribution in [3.63, 3.8) is 0 Å². The molecule has 0 bridgehead atoms. The average Bonchev–Trinajstić information content (AvgIpc) is 3.51. The van der Waals surface area contributed by atoms with Gasteiger partial charge in [0, 0.05) is 24.6 Å². The van der Waals surface area contributed by atoms with Crippen LogP contribution in [0.2, 0.25) is 0 Å². The Morgan fingerprint density at radius 1 is 1.18 bits per heavy atom. The largest absolute Gasteiger partial charge is 0.451 e. The third kappa shape index (κ3) is 4.66. The summed E-state index contributed by atoms with van der Waals surface area (Å²) in [5.74, 6) is -0.568. The van der Waals surface area contributed by atoms with Gasteiger partial charge in [-0.2, -0.15) is 5.10 Å². The number of carbonyl (C=O) groups excluding carboxylic acids is 2. The van der Waals surface area contributed by atoms with Gasteiger partial charge >= 0.3 is 5.97 Å². The van der Waals surface area contributed by atoms with Crippen LogP contribution < -0.4 is 0 Å². The lowest BCUT2D eigenvalue weighted by atomic mass is 9.99. The lowest BCUT2D eigenvalue weighted by molar-refractivity contribution is -0.135. The Morgan fingerprint density at radius 3 is 2.82 bits per heavy atom. The maximum absolute atomic E-state index is 12.7. The predicted molar refractivity (Wildman–Crippen MR) is 127 cm³/mol. The number of aryl methyl sites for hydroxylation is 1. The second kappa shape index (κ2) is 9.15. The van der Waals surface area contributed by atoms with Crippen LogP contribution in [0, 0.1) is 6.92 Å². The van der Waals surface area contributed by atoms with Gasteiger partial charge in [-0.15, -0.1) is 11.3 Å². The van der Waals surface area contributed by atoms with Crippen LogP contribution in [0.15, 0.2) is 54.6 Å². The quantitative estimate of drug-likeness (QED) is 0.441. The minimum atomic E-state index is -0.589. The van der Waals surface area contributed by atoms with Gasteiger partial charge in [0.25, 0.3) is 5.91 Å². The average molecular weight is 461 g/mol. The van der Waals surface area contributed by atoms with Crippen molar-refractivity contribution in [1.29, 1.82) is 0 Å². The molecular weight excluding hydrogens is 436 g/mol. The summed E-state index contributed by atoms with van der Waals surface area (Å²) in [6, 6.07) is 17.6. The van der Waals surface area contributed by atoms with E-state index in [4.69, 9.17) is 9.72 Å². The van der Waals surface area contributed by atoms with Gasteiger partial charge in [-0.3, -0.25) is 9.89 Å². The fraction of sp³-hybridized carbons (Fsp3) is 0.280. The van der Waals surface area contributed by atoms with Gasteiger partial charge in [0.15, 0.2) is 6.61 Å². The number of nitrogens with one attached hydrogen (secondary N) is 1. The molecule has 1 aliphatic heterocycles. The first kappa shape index (κ1) is 21.3. The van der Waals surface area contributed by atoms with Gasteiger partial charge in [0.2, 0.25) is 0 Å². The number of thiazole rings is 1. The van der Waals surface area contributed by atoms with Crippen molar-refractivity contribution in [1.82, 2.24) is 20.1 Å². The standard InChI is InChI=1S/C25H24N4O3S/c1-16-8-10-17(11-9-16)20-13-21(28-27-20)25(31)32-15-23(30)29-12-4-5-18(14-29)24-26-19-6-2-3-7-22(19)33-24/h2-3,6-11,13,18H,4-5,12,14-15H2,1H3,(H,27,28). The second-order valence-corrected chi connectivity index (χ2v) is 9.37. The number of hydrogen-bond acceptors (Lipinski definition) is 6. The molecule has 0 saturated carbocycles. The molecule has 1 saturated heterocycles. The third-order valence-corrected chi connectivity index (χ3v) is 7.10. The van der Waals surface area contributed by atoms with Crippen LogP contribution in [0.3, 0.4) is 0 Å². The number of aromatic nitrogens is 3. The Bertz CT molecular complexity index is 1260. The normalized spacial score (nSPS) is 16.2. The molecular formula is C25H24N4O3S. The molecule has 0 aliphatic carbocycles. The van der Waals surface area contributed by atoms with E-state index in [1.54, 1.807) is 22.3 Å². The zero-order chi connectivity index (χ0) is 22.8. The smallest absolute Gasteiger partial charge is 0.356 e. The molecule has 1 atom stereocenters. The van der Waals surface area contributed by atoms with Gasteiger partial charge in [0.05, 0.1) is 20.9 Å². The second-order valence-electron chi connectivity index (χ2n) is 8.31. The van der Waals surface area contributed by atoms with Gasteiger partial charge in [0.1, 0.15) is 5.69 Å². The zero-order valence-corrected chi connectivity index (χ0v) is 19.1. The highest BCUT2D eigenvalue weighted by atomic mass is 32.1. The van der Waals surface area contributed by atoms with E-state index in [9.17, 15) is 9.59 Å². The molecule has 0 spiro atoms. The number of H-pyrrole nitrogens is 1. The van der Waals surface area contributed by atoms with Crippen LogP contribution in [0.5, 0.6) is 0 Å². The highest BCUT2D eigenvalue weighted by Gasteiger charge is 2.27. The summed E-state index contributed by atoms with van der Waals surface area (Å²) in [5.41, 5.74) is 3.93. The number of fused-ring (bicyclic) bond motifs is 1. The van der Waals surface area contributed by atoms with Gasteiger partial charge in [-0.05, 0) is 38.0 Å². The number of rotatable bonds is 5. The molecule has 33 heavy (non-hydrogen) atoms. The molecule has 168 valence electrons. The maximum atomic E-state index is 12.7. The summed E-state index contributed by atoms with van der Waals surface area (Å²) >= 11 is 1.69. The Balaban J connectivity index is 1.18. The summed E-state index contributed by atoms with van der Waals surface area (Å²) in [5, 5.41) is 7.96. The van der Waals surface area contributed by atoms with E-state index in [2.05, 4.69) is 16.3 Å². The van der Waals surface area contributed by atoms with Gasteiger partial charge < -0.3 is 9.64 Å². The highest BCUT2D eigenvalue weighted by Crippen LogP contribution is 2.33. The summed E-state index contributed by atoms with van der Waals surface area (Å²) in [6.07, 6.45) is 1.90. The molecule has 1 unspecified atom stereocenters. The number of likely N-dealkylation sites (tertiary alicyclic amines) is 1. The first-order valence-electron chi connectivity index (χ1n) is 11.0. The Hall–Kier alpha value is -3.52. The van der Waals surface area contributed by atoms with Crippen LogP contribution in [0.1, 0.15) is 39.8 Å². The lowest BCUT2D eigenvalue weighted by Crippen LogP contribution is -2.41. The van der Waals surface area contributed by atoms with Crippen molar-refractivity contribution >= 4 is 33.4 Å². The van der Waals surface area contributed by atoms with E-state index in [-0.39, 0.29) is 24.1 Å². The Morgan fingerprint density at radius 2 is 2.00 bits per heavy atom. The molecule has 0 radical (unpaired) electrons. The van der Waals surface area contributed by atoms with Gasteiger partial charge in [-0.1, -0.05) is 42.0 Å². The van der Waals surface area contributed by atoms with E-state index >= 15 is 0 Å². The van der Waals surface area contributed by atoms with E-state index < -0.39 is 5.97 Å². The van der Waals surface area contributed by atoms with Crippen molar-refractivity contribution < 1.29 is 14.3 Å². The summed E-state index contributed by atoms with van der Waals surface area (Å²) in [7, 11) is 0. The Kier molecular flexibility index (Phi) is 5.92. The topological polar surface area (TPSA) is 88.2 Å². The van der Waals surface area contributed by atoms with Crippen LogP contribution in [-0.4, -0.2) is 51.7 Å². The number of nitrogens with zero attached hydrogens (tertiary/aromatic N) is 3. The number of para-hydroxylation sites is 1. The van der Waals surface area contributed by atoms with E-state index in [1.165, 1.54) is 0 Å². The number of carbonyl (C=O) groups is 2. The molecule has 2 aromatic carbocycles. The molecule has 5 rings (SSSR count). The number of benzene rings is 2. The number of hydrogen-bond donors (Lipinski definition) is 1. The van der Waals surface area contributed by atoms with Crippen LogP contribution in [0.4, 0.5) is 0 Å². The molecule has 4 aromatic rings. The number of aromatic amines is 1. The fourth-order valence-corrected chi connectivity index (χ4v) is 5.16. The molecule has 7 nitrogen and oxygen atoms in total. The Labute approximate surface area is 195 Å². The van der Waals surface area contributed by atoms with E-state index in [0.717, 1.165) is 39.2 Å². The molecule has 2 aromatic heterocycles. The summed E-state index contributed by atoms with van der Waals surface area (Å²) in [4.78, 5) is 31.7. The van der Waals surface area contributed by atoms with Crippen molar-refractivity contribution in [2.75, 3.05) is 19.7 Å². The zero-order valence-electron chi connectivity index (χ0n) is 18.3. The van der Waals surface area contributed by atoms with Gasteiger partial charge in [-0.25, -0.2) is 9.78 Å². The maximum Gasteiger partial charge on any atom is 0.356 e. The van der Waals surface area contributed by atoms with Crippen LogP contribution in [0.25, 0.3) is 21.5 Å². The summed E-state index contributed by atoms with van der Waals surface area (Å²) < 4.78 is 6.45. The SMILES string of the molecule is Cc1ccc(-c2cc(C(=O)OCC(=O)N3CCCC(c4nc5ccccc5s4)C3)[nH]n2)cc1. The monoisotopic (exact) mass is 460 g/mol. The van der Waals surface area contributed by atoms with Crippen molar-refractivity contribution in [2.24, 2.45) is 0 Å². The number of piperidine rings is 1. The first-order chi connectivity index (χ1) is 16.1. The van der Waals surface area contributed by atoms with Crippen molar-refractivity contribution in [2.45, 2.75) is 25.7 Å². The first-order valence-corrected chi connectivity index (χ1v) is 11.8. The molecule has 1 aliphatic rings. The van der Waals surface area contributed by atoms with Crippen LogP contribution >= 0.6 is 11.3 Å². The van der Waals surface area contributed by atoms with E-state index in [1.807, 2.05) is 49.4 Å². The molecule has 3 heterocycles. The fourth-order valence-electron chi connectivity index (χ4n) is 4.06. The minimum absolute atomic E-state index is 0.188. The summed E-state index contributed by atoms with van der Waals surface area (Å²) in [6.45, 7) is 2.99. The molecule has 1 fully saturated rings. The molecule has 8 heteroatoms. The highest BCUT2D eigenvalue weighted by molar-refractivity contribution is 7.18. The third-order valence-electron chi connectivity index (χ3n) is 5.91. The van der Waals surface area contributed by atoms with E-state index in [0.29, 0.717) is 18.8 Å². The number of amides is 1. The number of esters is 1. The predicted octanol–water partition coefficient (Wildman–Crippen LogP) is 4.56. The lowest BCUT2D eigenvalue weighted by Gasteiger charge is -2.31. The number of ether oxygens (including phenoxy) is 1. The van der Waals surface area contributed by atoms with Crippen molar-refractivity contribution in [3.8, 4) is 11.3 Å². The molecule has 1 amide bonds.